The van der Waals surface area contributed by atoms with E-state index in [9.17, 15) is 9.59 Å². The number of hydrogen-bond donors (Lipinski definition) is 0. The Balaban J connectivity index is 2.17. The maximum Gasteiger partial charge on any atom is 0.319 e. The van der Waals surface area contributed by atoms with Crippen molar-refractivity contribution in [1.82, 2.24) is 4.90 Å². The number of thiocarbonyl (C=S) groups is 1. The van der Waals surface area contributed by atoms with Crippen LogP contribution in [0.3, 0.4) is 0 Å². The lowest BCUT2D eigenvalue weighted by Gasteiger charge is -2.16. The number of methoxy groups -OCH3 is 1. The molecule has 1 heterocycles. The first kappa shape index (κ1) is 15.2. The summed E-state index contributed by atoms with van der Waals surface area (Å²) in [5, 5.41) is -0.379. The molecule has 1 atom stereocenters. The minimum absolute atomic E-state index is 0.167. The van der Waals surface area contributed by atoms with Gasteiger partial charge in [0.25, 0.3) is 0 Å². The SMILES string of the molecule is COC(=O)C(C)SC(=S)OCCN1CCCC1=O. The topological polar surface area (TPSA) is 55.8 Å². The molecule has 0 saturated carbocycles. The minimum atomic E-state index is -0.379. The second-order valence-corrected chi connectivity index (χ2v) is 5.81. The van der Waals surface area contributed by atoms with Crippen LogP contribution in [0, 0.1) is 0 Å². The van der Waals surface area contributed by atoms with Crippen LogP contribution >= 0.6 is 24.0 Å². The first-order valence-corrected chi connectivity index (χ1v) is 7.02. The summed E-state index contributed by atoms with van der Waals surface area (Å²) >= 11 is 6.14. The highest BCUT2D eigenvalue weighted by molar-refractivity contribution is 8.23. The predicted octanol–water partition coefficient (Wildman–Crippen LogP) is 1.20. The highest BCUT2D eigenvalue weighted by Crippen LogP contribution is 2.15. The van der Waals surface area contributed by atoms with Gasteiger partial charge in [0.1, 0.15) is 11.9 Å². The van der Waals surface area contributed by atoms with E-state index in [0.717, 1.165) is 24.7 Å². The summed E-state index contributed by atoms with van der Waals surface area (Å²) in [6, 6.07) is 0. The van der Waals surface area contributed by atoms with E-state index in [1.807, 2.05) is 0 Å². The molecule has 1 rings (SSSR count). The molecule has 0 radical (unpaired) electrons. The summed E-state index contributed by atoms with van der Waals surface area (Å²) < 4.78 is 10.2. The van der Waals surface area contributed by atoms with Crippen molar-refractivity contribution in [2.24, 2.45) is 0 Å². The molecule has 5 nitrogen and oxygen atoms in total. The van der Waals surface area contributed by atoms with Gasteiger partial charge >= 0.3 is 5.97 Å². The van der Waals surface area contributed by atoms with Crippen molar-refractivity contribution in [2.75, 3.05) is 26.8 Å². The van der Waals surface area contributed by atoms with Crippen LogP contribution in [-0.2, 0) is 19.1 Å². The van der Waals surface area contributed by atoms with E-state index in [0.29, 0.717) is 24.0 Å². The molecule has 0 N–H and O–H groups in total. The summed E-state index contributed by atoms with van der Waals surface area (Å²) in [6.07, 6.45) is 1.54. The molecule has 0 bridgehead atoms. The molecule has 18 heavy (non-hydrogen) atoms. The van der Waals surface area contributed by atoms with Crippen LogP contribution in [0.2, 0.25) is 0 Å². The van der Waals surface area contributed by atoms with Crippen molar-refractivity contribution in [1.29, 1.82) is 0 Å². The molecule has 1 amide bonds. The molecule has 0 aliphatic carbocycles. The number of carbonyl (C=O) groups is 2. The highest BCUT2D eigenvalue weighted by Gasteiger charge is 2.20. The molecular formula is C11H17NO4S2. The Bertz CT molecular complexity index is 335. The number of nitrogens with zero attached hydrogens (tertiary/aromatic N) is 1. The molecule has 0 aromatic carbocycles. The highest BCUT2D eigenvalue weighted by atomic mass is 32.2. The van der Waals surface area contributed by atoms with Gasteiger partial charge in [-0.25, -0.2) is 0 Å². The first-order valence-electron chi connectivity index (χ1n) is 5.73. The summed E-state index contributed by atoms with van der Waals surface area (Å²) in [7, 11) is 1.34. The molecule has 1 aliphatic rings. The molecule has 1 aliphatic heterocycles. The van der Waals surface area contributed by atoms with Crippen molar-refractivity contribution >= 4 is 40.2 Å². The molecule has 102 valence electrons. The molecule has 0 aromatic heterocycles. The van der Waals surface area contributed by atoms with Crippen LogP contribution in [0.5, 0.6) is 0 Å². The van der Waals surface area contributed by atoms with E-state index in [4.69, 9.17) is 17.0 Å². The van der Waals surface area contributed by atoms with Gasteiger partial charge in [-0.1, -0.05) is 11.8 Å². The van der Waals surface area contributed by atoms with E-state index in [-0.39, 0.29) is 17.1 Å². The van der Waals surface area contributed by atoms with Crippen LogP contribution in [0.25, 0.3) is 0 Å². The molecule has 7 heteroatoms. The van der Waals surface area contributed by atoms with Gasteiger partial charge in [0.2, 0.25) is 10.3 Å². The van der Waals surface area contributed by atoms with Gasteiger partial charge in [0, 0.05) is 13.0 Å². The average molecular weight is 291 g/mol. The van der Waals surface area contributed by atoms with Gasteiger partial charge in [0.15, 0.2) is 0 Å². The van der Waals surface area contributed by atoms with Crippen molar-refractivity contribution in [2.45, 2.75) is 25.0 Å². The second-order valence-electron chi connectivity index (χ2n) is 3.87. The van der Waals surface area contributed by atoms with E-state index in [1.54, 1.807) is 11.8 Å². The Labute approximate surface area is 116 Å². The maximum atomic E-state index is 11.3. The largest absolute Gasteiger partial charge is 0.477 e. The minimum Gasteiger partial charge on any atom is -0.477 e. The summed E-state index contributed by atoms with van der Waals surface area (Å²) in [5.41, 5.74) is 0. The van der Waals surface area contributed by atoms with E-state index in [2.05, 4.69) is 4.74 Å². The summed E-state index contributed by atoms with van der Waals surface area (Å²) in [6.45, 7) is 3.41. The number of amides is 1. The molecule has 1 saturated heterocycles. The van der Waals surface area contributed by atoms with Gasteiger partial charge in [0.05, 0.1) is 13.7 Å². The zero-order valence-electron chi connectivity index (χ0n) is 10.5. The van der Waals surface area contributed by atoms with Crippen LogP contribution in [0.15, 0.2) is 0 Å². The summed E-state index contributed by atoms with van der Waals surface area (Å²) in [4.78, 5) is 24.3. The molecule has 0 aromatic rings. The lowest BCUT2D eigenvalue weighted by molar-refractivity contribution is -0.139. The number of carbonyl (C=O) groups excluding carboxylic acids is 2. The fourth-order valence-electron chi connectivity index (χ4n) is 1.57. The zero-order valence-corrected chi connectivity index (χ0v) is 12.1. The van der Waals surface area contributed by atoms with Crippen molar-refractivity contribution in [3.8, 4) is 0 Å². The Kier molecular flexibility index (Phi) is 6.42. The Hall–Kier alpha value is -0.820. The zero-order chi connectivity index (χ0) is 13.5. The lowest BCUT2D eigenvalue weighted by atomic mass is 10.4. The Morgan fingerprint density at radius 1 is 1.61 bits per heavy atom. The van der Waals surface area contributed by atoms with Gasteiger partial charge < -0.3 is 14.4 Å². The molecular weight excluding hydrogens is 274 g/mol. The lowest BCUT2D eigenvalue weighted by Crippen LogP contribution is -2.29. The normalized spacial score (nSPS) is 16.6. The monoisotopic (exact) mass is 291 g/mol. The number of esters is 1. The third-order valence-electron chi connectivity index (χ3n) is 2.56. The van der Waals surface area contributed by atoms with Crippen LogP contribution in [0.4, 0.5) is 0 Å². The number of likely N-dealkylation sites (tertiary alicyclic amines) is 1. The number of hydrogen-bond acceptors (Lipinski definition) is 6. The standard InChI is InChI=1S/C11H17NO4S2/c1-8(10(14)15-2)18-11(17)16-7-6-12-5-3-4-9(12)13/h8H,3-7H2,1-2H3. The van der Waals surface area contributed by atoms with Gasteiger partial charge in [-0.2, -0.15) is 0 Å². The number of rotatable bonds is 5. The van der Waals surface area contributed by atoms with E-state index in [1.165, 1.54) is 7.11 Å². The van der Waals surface area contributed by atoms with Crippen molar-refractivity contribution in [3.05, 3.63) is 0 Å². The molecule has 0 spiro atoms. The van der Waals surface area contributed by atoms with Crippen LogP contribution < -0.4 is 0 Å². The van der Waals surface area contributed by atoms with Crippen LogP contribution in [0.1, 0.15) is 19.8 Å². The van der Waals surface area contributed by atoms with Gasteiger partial charge in [-0.3, -0.25) is 9.59 Å². The Morgan fingerprint density at radius 2 is 2.33 bits per heavy atom. The third-order valence-corrected chi connectivity index (χ3v) is 3.82. The fourth-order valence-corrected chi connectivity index (χ4v) is 2.72. The quantitative estimate of drug-likeness (QED) is 0.560. The number of ether oxygens (including phenoxy) is 2. The Morgan fingerprint density at radius 3 is 2.89 bits per heavy atom. The molecule has 1 unspecified atom stereocenters. The first-order chi connectivity index (χ1) is 8.54. The predicted molar refractivity (Wildman–Crippen MR) is 73.4 cm³/mol. The van der Waals surface area contributed by atoms with E-state index >= 15 is 0 Å². The maximum absolute atomic E-state index is 11.3. The van der Waals surface area contributed by atoms with Crippen molar-refractivity contribution < 1.29 is 19.1 Å². The van der Waals surface area contributed by atoms with Crippen molar-refractivity contribution in [3.63, 3.8) is 0 Å². The average Bonchev–Trinajstić information content (AvgIpc) is 2.74. The molecule has 1 fully saturated rings. The third kappa shape index (κ3) is 4.81. The smallest absolute Gasteiger partial charge is 0.319 e. The van der Waals surface area contributed by atoms with Crippen LogP contribution in [-0.4, -0.2) is 53.2 Å². The van der Waals surface area contributed by atoms with E-state index < -0.39 is 0 Å². The summed E-state index contributed by atoms with van der Waals surface area (Å²) in [5.74, 6) is -0.166. The fraction of sp³-hybridized carbons (Fsp3) is 0.727. The number of thioether (sulfide) groups is 1. The van der Waals surface area contributed by atoms with Gasteiger partial charge in [-0.15, -0.1) is 0 Å². The second kappa shape index (κ2) is 7.58. The van der Waals surface area contributed by atoms with Gasteiger partial charge in [-0.05, 0) is 25.6 Å².